The normalized spacial score (nSPS) is 24.9. The third-order valence-corrected chi connectivity index (χ3v) is 3.88. The first-order chi connectivity index (χ1) is 9.67. The van der Waals surface area contributed by atoms with Gasteiger partial charge < -0.3 is 19.3 Å². The summed E-state index contributed by atoms with van der Waals surface area (Å²) in [5, 5.41) is 6.49. The Morgan fingerprint density at radius 1 is 1.45 bits per heavy atom. The molecule has 1 saturated heterocycles. The van der Waals surface area contributed by atoms with Gasteiger partial charge in [-0.25, -0.2) is 0 Å². The van der Waals surface area contributed by atoms with Crippen LogP contribution in [0.15, 0.2) is 10.6 Å². The van der Waals surface area contributed by atoms with Crippen molar-refractivity contribution >= 4 is 5.91 Å². The Morgan fingerprint density at radius 3 is 2.95 bits per heavy atom. The molecular formula is C14H20N2O4. The van der Waals surface area contributed by atoms with Crippen LogP contribution in [0.5, 0.6) is 0 Å². The number of nitrogens with zero attached hydrogens (tertiary/aromatic N) is 1. The molecule has 0 bridgehead atoms. The lowest BCUT2D eigenvalue weighted by molar-refractivity contribution is -0.186. The Balaban J connectivity index is 1.49. The first-order valence-corrected chi connectivity index (χ1v) is 7.20. The molecule has 1 aromatic rings. The minimum atomic E-state index is -0.391. The fourth-order valence-corrected chi connectivity index (χ4v) is 2.84. The van der Waals surface area contributed by atoms with Crippen molar-refractivity contribution in [3.05, 3.63) is 17.5 Å². The highest BCUT2D eigenvalue weighted by atomic mass is 16.7. The van der Waals surface area contributed by atoms with Crippen LogP contribution in [-0.4, -0.2) is 36.1 Å². The van der Waals surface area contributed by atoms with E-state index >= 15 is 0 Å². The minimum absolute atomic E-state index is 0.0787. The summed E-state index contributed by atoms with van der Waals surface area (Å²) < 4.78 is 16.7. The fourth-order valence-electron chi connectivity index (χ4n) is 2.84. The molecule has 1 spiro atoms. The number of carbonyl (C=O) groups is 1. The van der Waals surface area contributed by atoms with E-state index < -0.39 is 5.79 Å². The molecule has 1 N–H and O–H groups in total. The average Bonchev–Trinajstić information content (AvgIpc) is 3.05. The maximum Gasteiger partial charge on any atom is 0.273 e. The zero-order valence-electron chi connectivity index (χ0n) is 11.7. The van der Waals surface area contributed by atoms with E-state index in [9.17, 15) is 4.79 Å². The van der Waals surface area contributed by atoms with Crippen LogP contribution in [0.3, 0.4) is 0 Å². The first kappa shape index (κ1) is 13.6. The van der Waals surface area contributed by atoms with Crippen LogP contribution < -0.4 is 5.32 Å². The monoisotopic (exact) mass is 280 g/mol. The van der Waals surface area contributed by atoms with Crippen molar-refractivity contribution in [2.24, 2.45) is 0 Å². The molecule has 3 rings (SSSR count). The number of aromatic nitrogens is 1. The van der Waals surface area contributed by atoms with Crippen LogP contribution >= 0.6 is 0 Å². The quantitative estimate of drug-likeness (QED) is 0.913. The molecule has 20 heavy (non-hydrogen) atoms. The summed E-state index contributed by atoms with van der Waals surface area (Å²) >= 11 is 0. The lowest BCUT2D eigenvalue weighted by Gasteiger charge is -2.31. The third kappa shape index (κ3) is 2.86. The number of amides is 1. The number of aryl methyl sites for hydroxylation is 1. The standard InChI is InChI=1S/C14H20N2O4/c1-10-7-12(16-20-10)13(17)15-8-11-9-18-14(19-11)5-3-2-4-6-14/h7,11H,2-6,8-9H2,1H3,(H,15,17)/t11-/m0/s1. The van der Waals surface area contributed by atoms with E-state index in [1.807, 2.05) is 0 Å². The highest BCUT2D eigenvalue weighted by Crippen LogP contribution is 2.37. The van der Waals surface area contributed by atoms with Gasteiger partial charge in [-0.2, -0.15) is 0 Å². The van der Waals surface area contributed by atoms with Gasteiger partial charge in [-0.05, 0) is 19.8 Å². The van der Waals surface area contributed by atoms with Crippen molar-refractivity contribution in [3.8, 4) is 0 Å². The van der Waals surface area contributed by atoms with Gasteiger partial charge in [0, 0.05) is 25.5 Å². The molecule has 6 heteroatoms. The highest BCUT2D eigenvalue weighted by molar-refractivity contribution is 5.92. The van der Waals surface area contributed by atoms with Gasteiger partial charge in [0.05, 0.1) is 6.61 Å². The number of rotatable bonds is 3. The number of nitrogens with one attached hydrogen (secondary N) is 1. The molecule has 0 radical (unpaired) electrons. The van der Waals surface area contributed by atoms with Gasteiger partial charge in [-0.1, -0.05) is 11.6 Å². The van der Waals surface area contributed by atoms with Gasteiger partial charge in [0.15, 0.2) is 11.5 Å². The smallest absolute Gasteiger partial charge is 0.273 e. The Kier molecular flexibility index (Phi) is 3.76. The van der Waals surface area contributed by atoms with E-state index in [0.29, 0.717) is 24.6 Å². The van der Waals surface area contributed by atoms with Gasteiger partial charge in [-0.15, -0.1) is 0 Å². The molecule has 2 fully saturated rings. The largest absolute Gasteiger partial charge is 0.361 e. The molecule has 1 aromatic heterocycles. The second kappa shape index (κ2) is 5.54. The van der Waals surface area contributed by atoms with Crippen LogP contribution in [0.25, 0.3) is 0 Å². The molecule has 1 atom stereocenters. The van der Waals surface area contributed by atoms with E-state index in [0.717, 1.165) is 25.7 Å². The van der Waals surface area contributed by atoms with Crippen molar-refractivity contribution in [2.75, 3.05) is 13.2 Å². The van der Waals surface area contributed by atoms with Gasteiger partial charge in [0.2, 0.25) is 0 Å². The second-order valence-electron chi connectivity index (χ2n) is 5.56. The molecule has 2 aliphatic rings. The van der Waals surface area contributed by atoms with Gasteiger partial charge in [-0.3, -0.25) is 4.79 Å². The van der Waals surface area contributed by atoms with E-state index in [-0.39, 0.29) is 12.0 Å². The first-order valence-electron chi connectivity index (χ1n) is 7.20. The van der Waals surface area contributed by atoms with E-state index in [1.165, 1.54) is 6.42 Å². The van der Waals surface area contributed by atoms with E-state index in [2.05, 4.69) is 10.5 Å². The number of ether oxygens (including phenoxy) is 2. The predicted octanol–water partition coefficient (Wildman–Crippen LogP) is 1.79. The SMILES string of the molecule is Cc1cc(C(=O)NC[C@H]2COC3(CCCCC3)O2)no1. The van der Waals surface area contributed by atoms with Gasteiger partial charge in [0.25, 0.3) is 5.91 Å². The molecule has 0 unspecified atom stereocenters. The van der Waals surface area contributed by atoms with Crippen molar-refractivity contribution < 1.29 is 18.8 Å². The summed E-state index contributed by atoms with van der Waals surface area (Å²) in [4.78, 5) is 11.9. The third-order valence-electron chi connectivity index (χ3n) is 3.88. The number of hydrogen-bond acceptors (Lipinski definition) is 5. The second-order valence-corrected chi connectivity index (χ2v) is 5.56. The topological polar surface area (TPSA) is 73.6 Å². The Hall–Kier alpha value is -1.40. The van der Waals surface area contributed by atoms with Crippen molar-refractivity contribution in [1.29, 1.82) is 0 Å². The summed E-state index contributed by atoms with van der Waals surface area (Å²) in [5.41, 5.74) is 0.300. The average molecular weight is 280 g/mol. The maximum absolute atomic E-state index is 11.9. The molecule has 1 amide bonds. The Labute approximate surface area is 117 Å². The van der Waals surface area contributed by atoms with Crippen LogP contribution in [0.2, 0.25) is 0 Å². The fraction of sp³-hybridized carbons (Fsp3) is 0.714. The van der Waals surface area contributed by atoms with E-state index in [4.69, 9.17) is 14.0 Å². The van der Waals surface area contributed by atoms with Crippen molar-refractivity contribution in [2.45, 2.75) is 50.9 Å². The zero-order chi connectivity index (χ0) is 14.0. The van der Waals surface area contributed by atoms with Crippen LogP contribution in [0.1, 0.15) is 48.4 Å². The molecule has 2 heterocycles. The highest BCUT2D eigenvalue weighted by Gasteiger charge is 2.42. The summed E-state index contributed by atoms with van der Waals surface area (Å²) in [5.74, 6) is -0.00945. The zero-order valence-corrected chi connectivity index (χ0v) is 11.7. The molecule has 0 aromatic carbocycles. The van der Waals surface area contributed by atoms with Gasteiger partial charge >= 0.3 is 0 Å². The van der Waals surface area contributed by atoms with E-state index in [1.54, 1.807) is 13.0 Å². The summed E-state index contributed by atoms with van der Waals surface area (Å²) in [6.45, 7) is 2.73. The van der Waals surface area contributed by atoms with Gasteiger partial charge in [0.1, 0.15) is 11.9 Å². The van der Waals surface area contributed by atoms with Crippen molar-refractivity contribution in [1.82, 2.24) is 10.5 Å². The molecule has 1 aliphatic heterocycles. The lowest BCUT2D eigenvalue weighted by atomic mass is 9.94. The Morgan fingerprint density at radius 2 is 2.25 bits per heavy atom. The molecule has 6 nitrogen and oxygen atoms in total. The summed E-state index contributed by atoms with van der Waals surface area (Å²) in [7, 11) is 0. The van der Waals surface area contributed by atoms with Crippen LogP contribution in [-0.2, 0) is 9.47 Å². The maximum atomic E-state index is 11.9. The summed E-state index contributed by atoms with van der Waals surface area (Å²) in [6.07, 6.45) is 5.39. The van der Waals surface area contributed by atoms with Crippen LogP contribution in [0.4, 0.5) is 0 Å². The molecule has 1 aliphatic carbocycles. The molecule has 110 valence electrons. The predicted molar refractivity (Wildman–Crippen MR) is 70.2 cm³/mol. The summed E-state index contributed by atoms with van der Waals surface area (Å²) in [6, 6.07) is 1.62. The number of hydrogen-bond donors (Lipinski definition) is 1. The molecular weight excluding hydrogens is 260 g/mol. The van der Waals surface area contributed by atoms with Crippen LogP contribution in [0, 0.1) is 6.92 Å². The molecule has 1 saturated carbocycles. The lowest BCUT2D eigenvalue weighted by Crippen LogP contribution is -2.37. The number of carbonyl (C=O) groups excluding carboxylic acids is 1. The minimum Gasteiger partial charge on any atom is -0.361 e. The Bertz CT molecular complexity index is 479. The van der Waals surface area contributed by atoms with Crippen molar-refractivity contribution in [3.63, 3.8) is 0 Å².